The molecule has 0 fully saturated rings. The first kappa shape index (κ1) is 17.4. The maximum atomic E-state index is 12.4. The molecule has 0 atom stereocenters. The molecule has 0 aliphatic heterocycles. The van der Waals surface area contributed by atoms with Crippen molar-refractivity contribution >= 4 is 57.4 Å². The van der Waals surface area contributed by atoms with Crippen LogP contribution in [0.4, 0.5) is 5.69 Å². The monoisotopic (exact) mass is 449 g/mol. The van der Waals surface area contributed by atoms with Crippen molar-refractivity contribution < 1.29 is 9.53 Å². The number of hydrogen-bond donors (Lipinski definition) is 1. The van der Waals surface area contributed by atoms with Crippen LogP contribution in [0.25, 0.3) is 0 Å². The molecule has 0 aromatic heterocycles. The van der Waals surface area contributed by atoms with Crippen molar-refractivity contribution in [3.05, 3.63) is 54.6 Å². The van der Waals surface area contributed by atoms with Gasteiger partial charge in [-0.2, -0.15) is 0 Å². The Morgan fingerprint density at radius 1 is 1.09 bits per heavy atom. The minimum absolute atomic E-state index is 0.268. The van der Waals surface area contributed by atoms with E-state index in [1.165, 1.54) is 19.2 Å². The van der Waals surface area contributed by atoms with Crippen LogP contribution in [0.3, 0.4) is 0 Å². The number of nitrogens with one attached hydrogen (secondary N) is 1. The zero-order chi connectivity index (χ0) is 16.4. The summed E-state index contributed by atoms with van der Waals surface area (Å²) < 4.78 is 6.24. The van der Waals surface area contributed by atoms with E-state index in [-0.39, 0.29) is 5.91 Å². The topological polar surface area (TPSA) is 38.3 Å². The summed E-state index contributed by atoms with van der Waals surface area (Å²) in [5.74, 6) is 0.0938. The summed E-state index contributed by atoms with van der Waals surface area (Å²) in [7, 11) is 1.48. The maximum absolute atomic E-state index is 12.4. The number of halogens is 3. The van der Waals surface area contributed by atoms with E-state index in [1.807, 2.05) is 26.0 Å². The Morgan fingerprint density at radius 3 is 2.23 bits per heavy atom. The highest BCUT2D eigenvalue weighted by atomic mass is 127. The van der Waals surface area contributed by atoms with E-state index in [9.17, 15) is 4.79 Å². The van der Waals surface area contributed by atoms with Crippen LogP contribution in [-0.2, 0) is 0 Å². The lowest BCUT2D eigenvalue weighted by Gasteiger charge is -2.12. The number of rotatable bonds is 3. The minimum Gasteiger partial charge on any atom is -0.494 e. The number of methoxy groups -OCH3 is 1. The van der Waals surface area contributed by atoms with E-state index in [2.05, 4.69) is 27.9 Å². The summed E-state index contributed by atoms with van der Waals surface area (Å²) in [4.78, 5) is 12.4. The molecule has 0 spiro atoms. The molecule has 22 heavy (non-hydrogen) atoms. The van der Waals surface area contributed by atoms with Gasteiger partial charge in [-0.3, -0.25) is 4.79 Å². The Morgan fingerprint density at radius 2 is 1.68 bits per heavy atom. The number of ether oxygens (including phenoxy) is 1. The molecule has 116 valence electrons. The van der Waals surface area contributed by atoms with Crippen LogP contribution in [0.5, 0.6) is 5.75 Å². The molecule has 0 aliphatic rings. The third kappa shape index (κ3) is 3.67. The van der Waals surface area contributed by atoms with E-state index in [0.717, 1.165) is 20.4 Å². The molecule has 0 unspecified atom stereocenters. The number of anilines is 1. The van der Waals surface area contributed by atoms with Gasteiger partial charge in [0.05, 0.1) is 17.2 Å². The zero-order valence-corrected chi connectivity index (χ0v) is 15.9. The fourth-order valence-electron chi connectivity index (χ4n) is 2.00. The van der Waals surface area contributed by atoms with Crippen molar-refractivity contribution in [3.8, 4) is 5.75 Å². The molecule has 0 bridgehead atoms. The number of hydrogen-bond acceptors (Lipinski definition) is 2. The van der Waals surface area contributed by atoms with Gasteiger partial charge in [-0.15, -0.1) is 0 Å². The second-order valence-electron chi connectivity index (χ2n) is 4.84. The fourth-order valence-corrected chi connectivity index (χ4v) is 3.26. The van der Waals surface area contributed by atoms with Crippen molar-refractivity contribution in [2.75, 3.05) is 12.4 Å². The molecular weight excluding hydrogens is 436 g/mol. The van der Waals surface area contributed by atoms with Crippen molar-refractivity contribution in [1.82, 2.24) is 0 Å². The second-order valence-corrected chi connectivity index (χ2v) is 6.82. The van der Waals surface area contributed by atoms with E-state index >= 15 is 0 Å². The predicted octanol–water partition coefficient (Wildman–Crippen LogP) is 5.48. The molecule has 2 aromatic rings. The highest BCUT2D eigenvalue weighted by Crippen LogP contribution is 2.34. The van der Waals surface area contributed by atoms with E-state index < -0.39 is 0 Å². The maximum Gasteiger partial charge on any atom is 0.255 e. The van der Waals surface area contributed by atoms with Gasteiger partial charge in [-0.05, 0) is 71.8 Å². The van der Waals surface area contributed by atoms with Crippen molar-refractivity contribution in [2.45, 2.75) is 13.8 Å². The molecule has 0 saturated heterocycles. The average molecular weight is 450 g/mol. The zero-order valence-electron chi connectivity index (χ0n) is 12.3. The van der Waals surface area contributed by atoms with E-state index in [1.54, 1.807) is 0 Å². The van der Waals surface area contributed by atoms with Crippen molar-refractivity contribution in [3.63, 3.8) is 0 Å². The standard InChI is InChI=1S/C16H14Cl2INO2/c1-8-5-14(9(2)4-13(8)19)20-16(21)10-6-11(17)15(22-3)12(18)7-10/h4-7H,1-3H3,(H,20,21). The Kier molecular flexibility index (Phi) is 5.58. The Labute approximate surface area is 153 Å². The van der Waals surface area contributed by atoms with E-state index in [0.29, 0.717) is 21.4 Å². The highest BCUT2D eigenvalue weighted by molar-refractivity contribution is 14.1. The lowest BCUT2D eigenvalue weighted by Crippen LogP contribution is -2.13. The molecule has 0 heterocycles. The van der Waals surface area contributed by atoms with Crippen LogP contribution in [0.1, 0.15) is 21.5 Å². The van der Waals surface area contributed by atoms with Gasteiger partial charge in [0, 0.05) is 14.8 Å². The largest absolute Gasteiger partial charge is 0.494 e. The number of carbonyl (C=O) groups is 1. The molecule has 1 amide bonds. The summed E-state index contributed by atoms with van der Waals surface area (Å²) >= 11 is 14.4. The van der Waals surface area contributed by atoms with Gasteiger partial charge in [0.25, 0.3) is 5.91 Å². The van der Waals surface area contributed by atoms with Gasteiger partial charge in [0.1, 0.15) is 0 Å². The molecule has 2 rings (SSSR count). The van der Waals surface area contributed by atoms with Crippen LogP contribution >= 0.6 is 45.8 Å². The van der Waals surface area contributed by atoms with Crippen LogP contribution in [-0.4, -0.2) is 13.0 Å². The first-order chi connectivity index (χ1) is 10.3. The van der Waals surface area contributed by atoms with E-state index in [4.69, 9.17) is 27.9 Å². The number of aryl methyl sites for hydroxylation is 2. The molecule has 0 radical (unpaired) electrons. The fraction of sp³-hybridized carbons (Fsp3) is 0.188. The first-order valence-corrected chi connectivity index (χ1v) is 8.28. The van der Waals surface area contributed by atoms with Crippen molar-refractivity contribution in [1.29, 1.82) is 0 Å². The van der Waals surface area contributed by atoms with Gasteiger partial charge in [0.2, 0.25) is 0 Å². The molecule has 3 nitrogen and oxygen atoms in total. The van der Waals surface area contributed by atoms with Crippen molar-refractivity contribution in [2.24, 2.45) is 0 Å². The smallest absolute Gasteiger partial charge is 0.255 e. The number of benzene rings is 2. The van der Waals surface area contributed by atoms with Gasteiger partial charge < -0.3 is 10.1 Å². The van der Waals surface area contributed by atoms with Crippen LogP contribution < -0.4 is 10.1 Å². The average Bonchev–Trinajstić information content (AvgIpc) is 2.44. The molecule has 0 saturated carbocycles. The Bertz CT molecular complexity index is 724. The minimum atomic E-state index is -0.268. The van der Waals surface area contributed by atoms with Crippen LogP contribution in [0, 0.1) is 17.4 Å². The highest BCUT2D eigenvalue weighted by Gasteiger charge is 2.14. The third-order valence-electron chi connectivity index (χ3n) is 3.22. The SMILES string of the molecule is COc1c(Cl)cc(C(=O)Nc2cc(C)c(I)cc2C)cc1Cl. The predicted molar refractivity (Wildman–Crippen MR) is 99.6 cm³/mol. The molecule has 0 aliphatic carbocycles. The van der Waals surface area contributed by atoms with Crippen LogP contribution in [0.15, 0.2) is 24.3 Å². The Balaban J connectivity index is 2.32. The lowest BCUT2D eigenvalue weighted by molar-refractivity contribution is 0.102. The summed E-state index contributed by atoms with van der Waals surface area (Å²) in [6.07, 6.45) is 0. The summed E-state index contributed by atoms with van der Waals surface area (Å²) in [6.45, 7) is 3.95. The van der Waals surface area contributed by atoms with Gasteiger partial charge in [-0.1, -0.05) is 23.2 Å². The molecule has 1 N–H and O–H groups in total. The van der Waals surface area contributed by atoms with Gasteiger partial charge in [-0.25, -0.2) is 0 Å². The first-order valence-electron chi connectivity index (χ1n) is 6.44. The molecule has 2 aromatic carbocycles. The number of amides is 1. The van der Waals surface area contributed by atoms with Gasteiger partial charge in [0.15, 0.2) is 5.75 Å². The summed E-state index contributed by atoms with van der Waals surface area (Å²) in [5.41, 5.74) is 3.25. The Hall–Kier alpha value is -0.980. The summed E-state index contributed by atoms with van der Waals surface area (Å²) in [6, 6.07) is 7.05. The quantitative estimate of drug-likeness (QED) is 0.630. The number of carbonyl (C=O) groups excluding carboxylic acids is 1. The molecular formula is C16H14Cl2INO2. The van der Waals surface area contributed by atoms with Gasteiger partial charge >= 0.3 is 0 Å². The normalized spacial score (nSPS) is 10.5. The second kappa shape index (κ2) is 7.06. The van der Waals surface area contributed by atoms with Crippen LogP contribution in [0.2, 0.25) is 10.0 Å². The third-order valence-corrected chi connectivity index (χ3v) is 4.94. The molecule has 6 heteroatoms. The summed E-state index contributed by atoms with van der Waals surface area (Å²) in [5, 5.41) is 3.49. The lowest BCUT2D eigenvalue weighted by atomic mass is 10.1.